The van der Waals surface area contributed by atoms with Gasteiger partial charge in [0, 0.05) is 17.6 Å². The Morgan fingerprint density at radius 2 is 1.68 bits per heavy atom. The summed E-state index contributed by atoms with van der Waals surface area (Å²) >= 11 is 11.9. The third-order valence-electron chi connectivity index (χ3n) is 5.69. The predicted octanol–water partition coefficient (Wildman–Crippen LogP) is 5.11. The first-order chi connectivity index (χ1) is 17.1. The molecule has 13 heteroatoms. The highest BCUT2D eigenvalue weighted by Crippen LogP contribution is 2.37. The Hall–Kier alpha value is -2.50. The first kappa shape index (κ1) is 30.7. The fourth-order valence-electron chi connectivity index (χ4n) is 3.36. The van der Waals surface area contributed by atoms with Crippen LogP contribution >= 0.6 is 23.2 Å². The number of benzene rings is 2. The molecule has 2 aromatic carbocycles. The molecule has 2 unspecified atom stereocenters. The second kappa shape index (κ2) is 12.4. The molecule has 0 bridgehead atoms. The predicted molar refractivity (Wildman–Crippen MR) is 138 cm³/mol. The normalized spacial score (nSPS) is 13.5. The van der Waals surface area contributed by atoms with Gasteiger partial charge in [0.25, 0.3) is 0 Å². The van der Waals surface area contributed by atoms with Crippen molar-refractivity contribution in [2.24, 2.45) is 0 Å². The standard InChI is InChI=1S/C24H28Cl2F3N3O4S/c1-5-15(2)30-23(34)16(3)31(13-17-8-6-7-9-20(17)25)22(33)14-32(37(4,35)36)18-10-11-21(26)19(12-18)24(27,28)29/h6-12,15-16H,5,13-14H2,1-4H3,(H,30,34). The SMILES string of the molecule is CCC(C)NC(=O)C(C)N(Cc1ccccc1Cl)C(=O)CN(c1ccc(Cl)c(C(F)(F)F)c1)S(C)(=O)=O. The first-order valence-corrected chi connectivity index (χ1v) is 13.8. The molecule has 2 rings (SSSR count). The maximum Gasteiger partial charge on any atom is 0.417 e. The Kier molecular flexibility index (Phi) is 10.3. The van der Waals surface area contributed by atoms with Crippen molar-refractivity contribution in [1.82, 2.24) is 10.2 Å². The second-order valence-electron chi connectivity index (χ2n) is 8.54. The molecule has 0 radical (unpaired) electrons. The Morgan fingerprint density at radius 3 is 2.22 bits per heavy atom. The van der Waals surface area contributed by atoms with Crippen LogP contribution in [0.25, 0.3) is 0 Å². The van der Waals surface area contributed by atoms with Crippen LogP contribution in [0.5, 0.6) is 0 Å². The third kappa shape index (κ3) is 8.24. The Balaban J connectivity index is 2.49. The molecule has 0 saturated heterocycles. The summed E-state index contributed by atoms with van der Waals surface area (Å²) in [5.74, 6) is -1.30. The minimum atomic E-state index is -4.85. The van der Waals surface area contributed by atoms with Gasteiger partial charge in [-0.15, -0.1) is 0 Å². The topological polar surface area (TPSA) is 86.8 Å². The van der Waals surface area contributed by atoms with E-state index in [-0.39, 0.29) is 12.6 Å². The number of amides is 2. The molecule has 0 aromatic heterocycles. The highest BCUT2D eigenvalue weighted by Gasteiger charge is 2.35. The Bertz CT molecular complexity index is 1240. The minimum Gasteiger partial charge on any atom is -0.352 e. The number of carbonyl (C=O) groups is 2. The van der Waals surface area contributed by atoms with Crippen LogP contribution in [0.3, 0.4) is 0 Å². The first-order valence-electron chi connectivity index (χ1n) is 11.2. The van der Waals surface area contributed by atoms with E-state index in [0.717, 1.165) is 23.3 Å². The molecule has 37 heavy (non-hydrogen) atoms. The summed E-state index contributed by atoms with van der Waals surface area (Å²) in [6, 6.07) is 7.92. The lowest BCUT2D eigenvalue weighted by atomic mass is 10.1. The zero-order valence-corrected chi connectivity index (χ0v) is 23.0. The lowest BCUT2D eigenvalue weighted by molar-refractivity contribution is -0.139. The van der Waals surface area contributed by atoms with Crippen molar-refractivity contribution in [3.8, 4) is 0 Å². The molecule has 0 aliphatic heterocycles. The molecule has 0 fully saturated rings. The molecule has 1 N–H and O–H groups in total. The van der Waals surface area contributed by atoms with Gasteiger partial charge in [-0.25, -0.2) is 8.42 Å². The van der Waals surface area contributed by atoms with Crippen molar-refractivity contribution in [3.63, 3.8) is 0 Å². The van der Waals surface area contributed by atoms with Crippen LogP contribution in [0, 0.1) is 0 Å². The van der Waals surface area contributed by atoms with E-state index in [1.54, 1.807) is 31.2 Å². The van der Waals surface area contributed by atoms with E-state index in [9.17, 15) is 31.2 Å². The lowest BCUT2D eigenvalue weighted by Gasteiger charge is -2.32. The van der Waals surface area contributed by atoms with E-state index in [4.69, 9.17) is 23.2 Å². The van der Waals surface area contributed by atoms with Crippen LogP contribution in [-0.2, 0) is 32.3 Å². The van der Waals surface area contributed by atoms with Gasteiger partial charge in [-0.05, 0) is 50.1 Å². The van der Waals surface area contributed by atoms with E-state index >= 15 is 0 Å². The van der Waals surface area contributed by atoms with Crippen molar-refractivity contribution in [3.05, 3.63) is 63.6 Å². The van der Waals surface area contributed by atoms with Crippen molar-refractivity contribution < 1.29 is 31.2 Å². The van der Waals surface area contributed by atoms with E-state index in [1.165, 1.54) is 6.92 Å². The van der Waals surface area contributed by atoms with Crippen LogP contribution < -0.4 is 9.62 Å². The lowest BCUT2D eigenvalue weighted by Crippen LogP contribution is -2.52. The van der Waals surface area contributed by atoms with Gasteiger partial charge in [0.1, 0.15) is 12.6 Å². The summed E-state index contributed by atoms with van der Waals surface area (Å²) in [5.41, 5.74) is -1.15. The van der Waals surface area contributed by atoms with Crippen molar-refractivity contribution in [2.75, 3.05) is 17.1 Å². The van der Waals surface area contributed by atoms with E-state index in [2.05, 4.69) is 5.32 Å². The van der Waals surface area contributed by atoms with Gasteiger partial charge in [0.05, 0.1) is 22.5 Å². The van der Waals surface area contributed by atoms with E-state index < -0.39 is 56.9 Å². The Morgan fingerprint density at radius 1 is 1.05 bits per heavy atom. The van der Waals surface area contributed by atoms with Crippen LogP contribution in [0.4, 0.5) is 18.9 Å². The number of rotatable bonds is 10. The number of anilines is 1. The highest BCUT2D eigenvalue weighted by atomic mass is 35.5. The number of carbonyl (C=O) groups excluding carboxylic acids is 2. The monoisotopic (exact) mass is 581 g/mol. The van der Waals surface area contributed by atoms with E-state index in [0.29, 0.717) is 27.4 Å². The van der Waals surface area contributed by atoms with E-state index in [1.807, 2.05) is 6.92 Å². The van der Waals surface area contributed by atoms with Gasteiger partial charge in [-0.3, -0.25) is 13.9 Å². The fraction of sp³-hybridized carbons (Fsp3) is 0.417. The maximum atomic E-state index is 13.5. The summed E-state index contributed by atoms with van der Waals surface area (Å²) in [4.78, 5) is 27.5. The average molecular weight is 582 g/mol. The number of hydrogen-bond donors (Lipinski definition) is 1. The zero-order valence-electron chi connectivity index (χ0n) is 20.6. The van der Waals surface area contributed by atoms with Gasteiger partial charge in [0.2, 0.25) is 21.8 Å². The molecule has 0 spiro atoms. The zero-order chi connectivity index (χ0) is 28.1. The molecule has 0 heterocycles. The third-order valence-corrected chi connectivity index (χ3v) is 7.53. The largest absolute Gasteiger partial charge is 0.417 e. The summed E-state index contributed by atoms with van der Waals surface area (Å²) in [6.07, 6.45) is -3.45. The molecule has 204 valence electrons. The number of alkyl halides is 3. The van der Waals surface area contributed by atoms with Crippen molar-refractivity contribution >= 4 is 50.7 Å². The van der Waals surface area contributed by atoms with Gasteiger partial charge >= 0.3 is 6.18 Å². The van der Waals surface area contributed by atoms with Gasteiger partial charge in [-0.1, -0.05) is 48.3 Å². The quantitative estimate of drug-likeness (QED) is 0.422. The molecule has 2 atom stereocenters. The number of halogens is 5. The molecular formula is C24H28Cl2F3N3O4S. The number of hydrogen-bond acceptors (Lipinski definition) is 4. The van der Waals surface area contributed by atoms with Gasteiger partial charge in [0.15, 0.2) is 0 Å². The summed E-state index contributed by atoms with van der Waals surface area (Å²) in [7, 11) is -4.22. The minimum absolute atomic E-state index is 0.139. The van der Waals surface area contributed by atoms with Crippen LogP contribution in [0.15, 0.2) is 42.5 Å². The number of sulfonamides is 1. The maximum absolute atomic E-state index is 13.5. The molecule has 0 aliphatic rings. The Labute approximate surface area is 224 Å². The molecular weight excluding hydrogens is 554 g/mol. The molecule has 0 saturated carbocycles. The second-order valence-corrected chi connectivity index (χ2v) is 11.3. The van der Waals surface area contributed by atoms with Crippen molar-refractivity contribution in [1.29, 1.82) is 0 Å². The average Bonchev–Trinajstić information content (AvgIpc) is 2.80. The smallest absolute Gasteiger partial charge is 0.352 e. The highest BCUT2D eigenvalue weighted by molar-refractivity contribution is 7.92. The molecule has 7 nitrogen and oxygen atoms in total. The summed E-state index contributed by atoms with van der Waals surface area (Å²) in [6.45, 7) is 4.13. The molecule has 0 aliphatic carbocycles. The molecule has 2 amide bonds. The van der Waals surface area contributed by atoms with Gasteiger partial charge in [-0.2, -0.15) is 13.2 Å². The summed E-state index contributed by atoms with van der Waals surface area (Å²) < 4.78 is 65.9. The van der Waals surface area contributed by atoms with Crippen molar-refractivity contribution in [2.45, 2.75) is 52.0 Å². The molecule has 2 aromatic rings. The number of nitrogens with zero attached hydrogens (tertiary/aromatic N) is 2. The number of nitrogens with one attached hydrogen (secondary N) is 1. The van der Waals surface area contributed by atoms with Crippen LogP contribution in [0.1, 0.15) is 38.3 Å². The van der Waals surface area contributed by atoms with Crippen LogP contribution in [0.2, 0.25) is 10.0 Å². The summed E-state index contributed by atoms with van der Waals surface area (Å²) in [5, 5.41) is 2.48. The van der Waals surface area contributed by atoms with Crippen LogP contribution in [-0.4, -0.2) is 50.0 Å². The fourth-order valence-corrected chi connectivity index (χ4v) is 4.62. The van der Waals surface area contributed by atoms with Gasteiger partial charge < -0.3 is 10.2 Å².